The topological polar surface area (TPSA) is 50.1 Å². The van der Waals surface area contributed by atoms with E-state index in [0.717, 1.165) is 17.1 Å². The molecule has 0 aliphatic carbocycles. The first-order chi connectivity index (χ1) is 7.86. The summed E-state index contributed by atoms with van der Waals surface area (Å²) in [5, 5.41) is 6.48. The van der Waals surface area contributed by atoms with E-state index in [0.29, 0.717) is 6.67 Å². The van der Waals surface area contributed by atoms with Crippen LogP contribution in [0.5, 0.6) is 0 Å². The minimum absolute atomic E-state index is 0.651. The van der Waals surface area contributed by atoms with Gasteiger partial charge in [0.1, 0.15) is 0 Å². The van der Waals surface area contributed by atoms with Gasteiger partial charge in [-0.15, -0.1) is 0 Å². The molecule has 0 spiro atoms. The van der Waals surface area contributed by atoms with Crippen molar-refractivity contribution in [3.63, 3.8) is 0 Å². The molecule has 0 saturated carbocycles. The van der Waals surface area contributed by atoms with Gasteiger partial charge < -0.3 is 16.4 Å². The van der Waals surface area contributed by atoms with Crippen molar-refractivity contribution in [1.29, 1.82) is 0 Å². The number of nitrogens with two attached hydrogens (primary N) is 1. The minimum atomic E-state index is 0.651. The van der Waals surface area contributed by atoms with Crippen molar-refractivity contribution in [2.75, 3.05) is 23.0 Å². The van der Waals surface area contributed by atoms with Gasteiger partial charge >= 0.3 is 0 Å². The third kappa shape index (κ3) is 2.67. The van der Waals surface area contributed by atoms with Gasteiger partial charge in [0.05, 0.1) is 18.0 Å². The fourth-order valence-electron chi connectivity index (χ4n) is 1.46. The summed E-state index contributed by atoms with van der Waals surface area (Å²) in [6, 6.07) is 17.8. The molecule has 3 heteroatoms. The number of nitrogen functional groups attached to an aromatic ring is 1. The zero-order valence-electron chi connectivity index (χ0n) is 8.98. The number of para-hydroxylation sites is 3. The van der Waals surface area contributed by atoms with Crippen molar-refractivity contribution in [3.8, 4) is 0 Å². The standard InChI is InChI=1S/C13H15N3/c14-12-8-4-5-9-13(12)16-10-15-11-6-2-1-3-7-11/h1-9,15-16H,10,14H2. The van der Waals surface area contributed by atoms with E-state index in [-0.39, 0.29) is 0 Å². The molecule has 0 bridgehead atoms. The van der Waals surface area contributed by atoms with Crippen molar-refractivity contribution in [3.05, 3.63) is 54.6 Å². The summed E-state index contributed by atoms with van der Waals surface area (Å²) < 4.78 is 0. The monoisotopic (exact) mass is 213 g/mol. The van der Waals surface area contributed by atoms with Gasteiger partial charge in [-0.05, 0) is 24.3 Å². The number of anilines is 3. The zero-order valence-corrected chi connectivity index (χ0v) is 8.98. The fourth-order valence-corrected chi connectivity index (χ4v) is 1.46. The first kappa shape index (κ1) is 10.4. The highest BCUT2D eigenvalue weighted by Crippen LogP contribution is 2.16. The molecule has 0 amide bonds. The molecule has 4 N–H and O–H groups in total. The molecular weight excluding hydrogens is 198 g/mol. The van der Waals surface area contributed by atoms with Crippen molar-refractivity contribution in [1.82, 2.24) is 0 Å². The number of hydrogen-bond donors (Lipinski definition) is 3. The third-order valence-electron chi connectivity index (χ3n) is 2.31. The molecule has 0 aliphatic heterocycles. The summed E-state index contributed by atoms with van der Waals surface area (Å²) in [6.45, 7) is 0.651. The molecule has 16 heavy (non-hydrogen) atoms. The van der Waals surface area contributed by atoms with Gasteiger partial charge in [-0.2, -0.15) is 0 Å². The largest absolute Gasteiger partial charge is 0.397 e. The van der Waals surface area contributed by atoms with Crippen LogP contribution in [0.1, 0.15) is 0 Å². The lowest BCUT2D eigenvalue weighted by Gasteiger charge is -2.10. The molecule has 0 aromatic heterocycles. The molecule has 0 heterocycles. The molecule has 0 fully saturated rings. The second-order valence-corrected chi connectivity index (χ2v) is 3.48. The molecular formula is C13H15N3. The predicted octanol–water partition coefficient (Wildman–Crippen LogP) is 2.75. The van der Waals surface area contributed by atoms with E-state index in [9.17, 15) is 0 Å². The smallest absolute Gasteiger partial charge is 0.0850 e. The summed E-state index contributed by atoms with van der Waals surface area (Å²) >= 11 is 0. The Labute approximate surface area is 95.3 Å². The van der Waals surface area contributed by atoms with Gasteiger partial charge in [0.25, 0.3) is 0 Å². The number of rotatable bonds is 4. The molecule has 2 rings (SSSR count). The van der Waals surface area contributed by atoms with E-state index in [1.165, 1.54) is 0 Å². The van der Waals surface area contributed by atoms with Crippen molar-refractivity contribution < 1.29 is 0 Å². The second kappa shape index (κ2) is 5.07. The quantitative estimate of drug-likeness (QED) is 0.540. The van der Waals surface area contributed by atoms with Crippen LogP contribution in [-0.2, 0) is 0 Å². The second-order valence-electron chi connectivity index (χ2n) is 3.48. The summed E-state index contributed by atoms with van der Waals surface area (Å²) in [7, 11) is 0. The van der Waals surface area contributed by atoms with Gasteiger partial charge in [0.15, 0.2) is 0 Å². The van der Waals surface area contributed by atoms with Crippen LogP contribution >= 0.6 is 0 Å². The van der Waals surface area contributed by atoms with Crippen LogP contribution in [0.3, 0.4) is 0 Å². The van der Waals surface area contributed by atoms with Gasteiger partial charge in [-0.3, -0.25) is 0 Å². The highest BCUT2D eigenvalue weighted by atomic mass is 15.1. The maximum atomic E-state index is 5.81. The van der Waals surface area contributed by atoms with Crippen LogP contribution in [0.25, 0.3) is 0 Å². The SMILES string of the molecule is Nc1ccccc1NCNc1ccccc1. The number of benzene rings is 2. The molecule has 3 nitrogen and oxygen atoms in total. The Morgan fingerprint density at radius 2 is 1.50 bits per heavy atom. The Hall–Kier alpha value is -2.16. The Balaban J connectivity index is 1.87. The average molecular weight is 213 g/mol. The van der Waals surface area contributed by atoms with E-state index < -0.39 is 0 Å². The Bertz CT molecular complexity index is 440. The lowest BCUT2D eigenvalue weighted by Crippen LogP contribution is -2.12. The summed E-state index contributed by atoms with van der Waals surface area (Å²) in [5.41, 5.74) is 8.61. The van der Waals surface area contributed by atoms with Gasteiger partial charge in [0, 0.05) is 5.69 Å². The highest BCUT2D eigenvalue weighted by Gasteiger charge is 1.95. The highest BCUT2D eigenvalue weighted by molar-refractivity contribution is 5.65. The normalized spacial score (nSPS) is 9.75. The summed E-state index contributed by atoms with van der Waals surface area (Å²) in [5.74, 6) is 0. The molecule has 2 aromatic rings. The van der Waals surface area contributed by atoms with E-state index >= 15 is 0 Å². The lowest BCUT2D eigenvalue weighted by atomic mass is 10.3. The zero-order chi connectivity index (χ0) is 11.2. The molecule has 0 radical (unpaired) electrons. The van der Waals surface area contributed by atoms with E-state index in [4.69, 9.17) is 5.73 Å². The molecule has 0 saturated heterocycles. The first-order valence-corrected chi connectivity index (χ1v) is 5.23. The van der Waals surface area contributed by atoms with E-state index in [1.54, 1.807) is 0 Å². The molecule has 82 valence electrons. The van der Waals surface area contributed by atoms with Gasteiger partial charge in [0.2, 0.25) is 0 Å². The minimum Gasteiger partial charge on any atom is -0.397 e. The van der Waals surface area contributed by atoms with Crippen molar-refractivity contribution in [2.24, 2.45) is 0 Å². The summed E-state index contributed by atoms with van der Waals surface area (Å²) in [4.78, 5) is 0. The van der Waals surface area contributed by atoms with Crippen molar-refractivity contribution in [2.45, 2.75) is 0 Å². The Kier molecular flexibility index (Phi) is 3.28. The first-order valence-electron chi connectivity index (χ1n) is 5.23. The predicted molar refractivity (Wildman–Crippen MR) is 69.4 cm³/mol. The lowest BCUT2D eigenvalue weighted by molar-refractivity contribution is 1.22. The van der Waals surface area contributed by atoms with Crippen LogP contribution in [0, 0.1) is 0 Å². The Morgan fingerprint density at radius 3 is 2.25 bits per heavy atom. The Morgan fingerprint density at radius 1 is 0.812 bits per heavy atom. The third-order valence-corrected chi connectivity index (χ3v) is 2.31. The van der Waals surface area contributed by atoms with Crippen LogP contribution < -0.4 is 16.4 Å². The summed E-state index contributed by atoms with van der Waals surface area (Å²) in [6.07, 6.45) is 0. The van der Waals surface area contributed by atoms with Crippen LogP contribution in [0.2, 0.25) is 0 Å². The number of hydrogen-bond acceptors (Lipinski definition) is 3. The average Bonchev–Trinajstić information content (AvgIpc) is 2.33. The fraction of sp³-hybridized carbons (Fsp3) is 0.0769. The van der Waals surface area contributed by atoms with Crippen molar-refractivity contribution >= 4 is 17.1 Å². The molecule has 0 atom stereocenters. The molecule has 2 aromatic carbocycles. The maximum absolute atomic E-state index is 5.81. The van der Waals surface area contributed by atoms with Gasteiger partial charge in [-0.25, -0.2) is 0 Å². The number of nitrogens with one attached hydrogen (secondary N) is 2. The van der Waals surface area contributed by atoms with E-state index in [2.05, 4.69) is 10.6 Å². The van der Waals surface area contributed by atoms with E-state index in [1.807, 2.05) is 54.6 Å². The van der Waals surface area contributed by atoms with Crippen LogP contribution in [0.4, 0.5) is 17.1 Å². The van der Waals surface area contributed by atoms with Gasteiger partial charge in [-0.1, -0.05) is 30.3 Å². The van der Waals surface area contributed by atoms with Crippen LogP contribution in [-0.4, -0.2) is 6.67 Å². The molecule has 0 unspecified atom stereocenters. The van der Waals surface area contributed by atoms with Crippen LogP contribution in [0.15, 0.2) is 54.6 Å². The molecule has 0 aliphatic rings. The maximum Gasteiger partial charge on any atom is 0.0850 e.